The van der Waals surface area contributed by atoms with Crippen molar-refractivity contribution in [1.82, 2.24) is 5.32 Å². The van der Waals surface area contributed by atoms with Gasteiger partial charge in [0.25, 0.3) is 0 Å². The fourth-order valence-electron chi connectivity index (χ4n) is 6.69. The van der Waals surface area contributed by atoms with Gasteiger partial charge in [-0.25, -0.2) is 0 Å². The number of nitrogens with one attached hydrogen (secondary N) is 1. The highest BCUT2D eigenvalue weighted by Crippen LogP contribution is 2.22. The Labute approximate surface area is 346 Å². The first kappa shape index (κ1) is 52.9. The maximum atomic E-state index is 13.0. The largest absolute Gasteiger partial charge is 0.394 e. The quantitative estimate of drug-likeness (QED) is 0.0244. The van der Waals surface area contributed by atoms with Crippen molar-refractivity contribution in [3.05, 3.63) is 60.8 Å². The Hall–Kier alpha value is -2.15. The van der Waals surface area contributed by atoms with E-state index in [0.717, 1.165) is 57.8 Å². The number of amides is 1. The van der Waals surface area contributed by atoms with Crippen LogP contribution < -0.4 is 5.32 Å². The summed E-state index contributed by atoms with van der Waals surface area (Å²) >= 11 is 0. The molecule has 0 spiro atoms. The lowest BCUT2D eigenvalue weighted by Crippen LogP contribution is -2.60. The molecule has 8 atom stereocenters. The summed E-state index contributed by atoms with van der Waals surface area (Å²) in [5.74, 6) is -0.635. The topological polar surface area (TPSA) is 169 Å². The number of hydrogen-bond acceptors (Lipinski definition) is 9. The molecule has 1 rings (SSSR count). The van der Waals surface area contributed by atoms with Crippen molar-refractivity contribution in [1.29, 1.82) is 0 Å². The number of ether oxygens (including phenoxy) is 2. The van der Waals surface area contributed by atoms with Crippen LogP contribution in [0, 0.1) is 0 Å². The zero-order chi connectivity index (χ0) is 41.8. The summed E-state index contributed by atoms with van der Waals surface area (Å²) in [6.07, 6.45) is 37.4. The van der Waals surface area contributed by atoms with E-state index in [1.807, 2.05) is 6.08 Å². The minimum Gasteiger partial charge on any atom is -0.394 e. The zero-order valence-corrected chi connectivity index (χ0v) is 35.7. The molecule has 1 heterocycles. The van der Waals surface area contributed by atoms with E-state index in [-0.39, 0.29) is 6.61 Å². The van der Waals surface area contributed by atoms with Gasteiger partial charge in [0.1, 0.15) is 30.5 Å². The number of carbonyl (C=O) groups excluding carboxylic acids is 1. The summed E-state index contributed by atoms with van der Waals surface area (Å²) in [5.41, 5.74) is 0. The normalized spacial score (nSPS) is 22.1. The van der Waals surface area contributed by atoms with Crippen LogP contribution in [-0.2, 0) is 14.3 Å². The average Bonchev–Trinajstić information content (AvgIpc) is 3.21. The minimum absolute atomic E-state index is 0.297. The summed E-state index contributed by atoms with van der Waals surface area (Å²) in [6.45, 7) is 3.41. The Morgan fingerprint density at radius 3 is 1.72 bits per heavy atom. The number of aliphatic hydroxyl groups is 6. The summed E-state index contributed by atoms with van der Waals surface area (Å²) in [6, 6.07) is -1.00. The lowest BCUT2D eigenvalue weighted by atomic mass is 9.99. The van der Waals surface area contributed by atoms with Crippen molar-refractivity contribution in [2.45, 2.75) is 217 Å². The molecule has 0 saturated carbocycles. The van der Waals surface area contributed by atoms with Crippen molar-refractivity contribution in [2.75, 3.05) is 13.2 Å². The van der Waals surface area contributed by atoms with E-state index in [0.29, 0.717) is 19.3 Å². The number of allylic oxidation sites excluding steroid dienone is 9. The molecule has 0 aromatic rings. The Morgan fingerprint density at radius 2 is 1.14 bits per heavy atom. The molecule has 1 aliphatic rings. The van der Waals surface area contributed by atoms with Crippen LogP contribution in [0.2, 0.25) is 0 Å². The van der Waals surface area contributed by atoms with Crippen molar-refractivity contribution >= 4 is 5.91 Å². The third-order valence-electron chi connectivity index (χ3n) is 10.4. The van der Waals surface area contributed by atoms with Crippen LogP contribution >= 0.6 is 0 Å². The second-order valence-corrected chi connectivity index (χ2v) is 15.6. The predicted octanol–water partition coefficient (Wildman–Crippen LogP) is 8.19. The fraction of sp³-hybridized carbons (Fsp3) is 0.766. The van der Waals surface area contributed by atoms with Gasteiger partial charge in [-0.05, 0) is 64.2 Å². The van der Waals surface area contributed by atoms with Crippen molar-refractivity contribution in [3.8, 4) is 0 Å². The van der Waals surface area contributed by atoms with Gasteiger partial charge in [0.15, 0.2) is 6.29 Å². The van der Waals surface area contributed by atoms with Crippen molar-refractivity contribution in [3.63, 3.8) is 0 Å². The molecular formula is C47H83NO9. The summed E-state index contributed by atoms with van der Waals surface area (Å²) in [5, 5.41) is 64.5. The molecule has 0 radical (unpaired) electrons. The van der Waals surface area contributed by atoms with Gasteiger partial charge in [-0.3, -0.25) is 4.79 Å². The molecule has 0 bridgehead atoms. The second kappa shape index (κ2) is 36.9. The molecule has 330 valence electrons. The molecular weight excluding hydrogens is 723 g/mol. The second-order valence-electron chi connectivity index (χ2n) is 15.6. The monoisotopic (exact) mass is 806 g/mol. The van der Waals surface area contributed by atoms with Crippen molar-refractivity contribution in [2.24, 2.45) is 0 Å². The van der Waals surface area contributed by atoms with Crippen LogP contribution in [0.5, 0.6) is 0 Å². The lowest BCUT2D eigenvalue weighted by molar-refractivity contribution is -0.302. The Balaban J connectivity index is 2.39. The van der Waals surface area contributed by atoms with Crippen LogP contribution in [0.3, 0.4) is 0 Å². The van der Waals surface area contributed by atoms with E-state index in [4.69, 9.17) is 9.47 Å². The lowest BCUT2D eigenvalue weighted by Gasteiger charge is -2.40. The highest BCUT2D eigenvalue weighted by molar-refractivity contribution is 5.80. The molecule has 10 nitrogen and oxygen atoms in total. The maximum Gasteiger partial charge on any atom is 0.249 e. The predicted molar refractivity (Wildman–Crippen MR) is 232 cm³/mol. The Morgan fingerprint density at radius 1 is 0.632 bits per heavy atom. The van der Waals surface area contributed by atoms with Gasteiger partial charge in [-0.2, -0.15) is 0 Å². The molecule has 7 N–H and O–H groups in total. The van der Waals surface area contributed by atoms with Gasteiger partial charge in [0.2, 0.25) is 5.91 Å². The molecule has 0 aromatic carbocycles. The molecule has 8 unspecified atom stereocenters. The van der Waals surface area contributed by atoms with Crippen LogP contribution in [0.25, 0.3) is 0 Å². The van der Waals surface area contributed by atoms with E-state index < -0.39 is 61.5 Å². The smallest absolute Gasteiger partial charge is 0.249 e. The fourth-order valence-corrected chi connectivity index (χ4v) is 6.69. The highest BCUT2D eigenvalue weighted by atomic mass is 16.7. The van der Waals surface area contributed by atoms with Gasteiger partial charge in [0.05, 0.1) is 25.4 Å². The summed E-state index contributed by atoms with van der Waals surface area (Å²) < 4.78 is 11.1. The van der Waals surface area contributed by atoms with Crippen LogP contribution in [-0.4, -0.2) is 98.7 Å². The van der Waals surface area contributed by atoms with E-state index in [9.17, 15) is 35.4 Å². The van der Waals surface area contributed by atoms with E-state index >= 15 is 0 Å². The SMILES string of the molecule is CC/C=C\C/C=C\CCCCCCCCCCCCCCCC(O)C(=O)NC(COC1OC(CO)C(O)C(O)C1O)C(O)/C=C/CC/C=C/CC/C=C/CCCC. The first-order valence-electron chi connectivity index (χ1n) is 22.6. The summed E-state index contributed by atoms with van der Waals surface area (Å²) in [7, 11) is 0. The zero-order valence-electron chi connectivity index (χ0n) is 35.7. The number of aliphatic hydroxyl groups excluding tert-OH is 6. The number of unbranched alkanes of at least 4 members (excludes halogenated alkanes) is 17. The minimum atomic E-state index is -1.62. The number of carbonyl (C=O) groups is 1. The van der Waals surface area contributed by atoms with E-state index in [2.05, 4.69) is 67.8 Å². The molecule has 1 saturated heterocycles. The molecule has 0 aromatic heterocycles. The molecule has 1 fully saturated rings. The van der Waals surface area contributed by atoms with Crippen LogP contribution in [0.1, 0.15) is 168 Å². The highest BCUT2D eigenvalue weighted by Gasteiger charge is 2.44. The summed E-state index contributed by atoms with van der Waals surface area (Å²) in [4.78, 5) is 13.0. The molecule has 1 amide bonds. The first-order chi connectivity index (χ1) is 27.8. The van der Waals surface area contributed by atoms with Gasteiger partial charge >= 0.3 is 0 Å². The van der Waals surface area contributed by atoms with E-state index in [1.165, 1.54) is 77.0 Å². The Kier molecular flexibility index (Phi) is 34.2. The molecule has 0 aliphatic carbocycles. The van der Waals surface area contributed by atoms with Gasteiger partial charge in [0, 0.05) is 0 Å². The maximum absolute atomic E-state index is 13.0. The average molecular weight is 806 g/mol. The van der Waals surface area contributed by atoms with Gasteiger partial charge < -0.3 is 45.4 Å². The van der Waals surface area contributed by atoms with Crippen LogP contribution in [0.4, 0.5) is 0 Å². The molecule has 57 heavy (non-hydrogen) atoms. The Bertz CT molecular complexity index is 1090. The third kappa shape index (κ3) is 27.3. The first-order valence-corrected chi connectivity index (χ1v) is 22.6. The van der Waals surface area contributed by atoms with Crippen molar-refractivity contribution < 1.29 is 44.9 Å². The van der Waals surface area contributed by atoms with E-state index in [1.54, 1.807) is 6.08 Å². The van der Waals surface area contributed by atoms with Gasteiger partial charge in [-0.1, -0.05) is 164 Å². The molecule has 1 aliphatic heterocycles. The number of hydrogen-bond donors (Lipinski definition) is 7. The number of rotatable bonds is 36. The standard InChI is InChI=1S/C47H83NO9/c1-3-5-7-9-11-13-15-17-18-19-20-21-22-23-24-26-28-30-32-34-36-41(51)46(55)48-39(38-56-47-45(54)44(53)43(52)42(37-49)57-47)40(50)35-33-31-29-27-25-16-14-12-10-8-6-4-2/h5,7,10-13,25,27,33,35,39-45,47,49-54H,3-4,6,8-9,14-24,26,28-32,34,36-38H2,1-2H3,(H,48,55)/b7-5-,12-10+,13-11-,27-25+,35-33+. The molecule has 10 heteroatoms. The van der Waals surface area contributed by atoms with Crippen LogP contribution in [0.15, 0.2) is 60.8 Å². The van der Waals surface area contributed by atoms with Gasteiger partial charge in [-0.15, -0.1) is 0 Å². The third-order valence-corrected chi connectivity index (χ3v) is 10.4.